The Balaban J connectivity index is 0.000000450. The minimum absolute atomic E-state index is 0. The molecule has 10 nitrogen and oxygen atoms in total. The molecule has 3 aliphatic rings. The molecular formula is C20H27N4NaO6S. The molecule has 0 saturated carbocycles. The molecule has 0 spiro atoms. The molecule has 1 aromatic rings. The molecule has 4 atom stereocenters. The number of aliphatic carboxylic acids is 1. The van der Waals surface area contributed by atoms with Gasteiger partial charge in [0.1, 0.15) is 29.2 Å². The van der Waals surface area contributed by atoms with Gasteiger partial charge >= 0.3 is 35.5 Å². The van der Waals surface area contributed by atoms with E-state index >= 15 is 0 Å². The Kier molecular flexibility index (Phi) is 8.62. The van der Waals surface area contributed by atoms with E-state index in [1.807, 2.05) is 0 Å². The summed E-state index contributed by atoms with van der Waals surface area (Å²) in [6.45, 7) is 4.42. The van der Waals surface area contributed by atoms with Gasteiger partial charge in [0, 0.05) is 17.7 Å². The van der Waals surface area contributed by atoms with Gasteiger partial charge in [-0.1, -0.05) is 12.1 Å². The summed E-state index contributed by atoms with van der Waals surface area (Å²) >= 11 is 1.35. The maximum absolute atomic E-state index is 12.3. The van der Waals surface area contributed by atoms with Crippen molar-refractivity contribution in [3.8, 4) is 5.75 Å². The fourth-order valence-corrected chi connectivity index (χ4v) is 5.41. The molecule has 4 rings (SSSR count). The van der Waals surface area contributed by atoms with Crippen molar-refractivity contribution in [2.75, 3.05) is 6.54 Å². The van der Waals surface area contributed by atoms with Crippen LogP contribution in [0.5, 0.6) is 5.75 Å². The zero-order chi connectivity index (χ0) is 22.9. The van der Waals surface area contributed by atoms with E-state index in [1.54, 1.807) is 13.8 Å². The molecule has 170 valence electrons. The number of hydrogen-bond acceptors (Lipinski definition) is 7. The zero-order valence-electron chi connectivity index (χ0n) is 17.2. The molecule has 6 N–H and O–H groups in total. The summed E-state index contributed by atoms with van der Waals surface area (Å²) in [5, 5.41) is 23.5. The third-order valence-electron chi connectivity index (χ3n) is 5.41. The third kappa shape index (κ3) is 5.40. The molecule has 0 bridgehead atoms. The normalized spacial score (nSPS) is 25.8. The average molecular weight is 475 g/mol. The van der Waals surface area contributed by atoms with Crippen molar-refractivity contribution in [2.24, 2.45) is 5.73 Å². The summed E-state index contributed by atoms with van der Waals surface area (Å²) in [4.78, 5) is 47.6. The van der Waals surface area contributed by atoms with E-state index < -0.39 is 46.0 Å². The van der Waals surface area contributed by atoms with Gasteiger partial charge in [-0.25, -0.2) is 4.79 Å². The van der Waals surface area contributed by atoms with Crippen molar-refractivity contribution in [1.82, 2.24) is 15.5 Å². The summed E-state index contributed by atoms with van der Waals surface area (Å²) in [7, 11) is 0. The molecule has 0 radical (unpaired) electrons. The van der Waals surface area contributed by atoms with Crippen LogP contribution in [0.2, 0.25) is 0 Å². The fourth-order valence-electron chi connectivity index (χ4n) is 3.79. The second-order valence-electron chi connectivity index (χ2n) is 8.11. The number of amides is 3. The molecule has 0 unspecified atom stereocenters. The first-order valence-corrected chi connectivity index (χ1v) is 10.8. The van der Waals surface area contributed by atoms with Crippen LogP contribution >= 0.6 is 11.8 Å². The number of phenols is 1. The van der Waals surface area contributed by atoms with Crippen LogP contribution in [-0.4, -0.2) is 97.1 Å². The van der Waals surface area contributed by atoms with Gasteiger partial charge in [-0.15, -0.1) is 11.8 Å². The first kappa shape index (κ1) is 26.5. The standard InChI is InChI=1S/C16H19N3O5S.C4H7NO.Na.H/c1-16(2)11(15(23)24)19-13(22)10(14(19)25-16)18-12(21)9(17)7-3-5-8(20)6-4-7;6-4-2-1-3-5-4;;/h3-6,9-11,14,20H,17H2,1-2H3,(H,18,21)(H,23,24);1-3H2,(H,5,6);;/t9-,10-,11+,14-;;;/m1.../s1. The second-order valence-corrected chi connectivity index (χ2v) is 9.88. The van der Waals surface area contributed by atoms with Crippen molar-refractivity contribution >= 4 is 65.0 Å². The summed E-state index contributed by atoms with van der Waals surface area (Å²) < 4.78 is -0.648. The summed E-state index contributed by atoms with van der Waals surface area (Å²) in [6.07, 6.45) is 1.76. The number of aromatic hydroxyl groups is 1. The number of carboxylic acid groups (broad SMARTS) is 1. The Morgan fingerprint density at radius 2 is 1.91 bits per heavy atom. The number of phenolic OH excluding ortho intramolecular Hbond substituents is 1. The third-order valence-corrected chi connectivity index (χ3v) is 6.98. The van der Waals surface area contributed by atoms with Crippen LogP contribution in [0.25, 0.3) is 0 Å². The quantitative estimate of drug-likeness (QED) is 0.282. The van der Waals surface area contributed by atoms with E-state index in [9.17, 15) is 29.4 Å². The number of rotatable bonds is 4. The van der Waals surface area contributed by atoms with Crippen LogP contribution in [0, 0.1) is 0 Å². The van der Waals surface area contributed by atoms with Gasteiger partial charge in [-0.2, -0.15) is 0 Å². The molecule has 3 amide bonds. The number of thioether (sulfide) groups is 1. The van der Waals surface area contributed by atoms with E-state index in [2.05, 4.69) is 10.6 Å². The number of carboxylic acids is 1. The summed E-state index contributed by atoms with van der Waals surface area (Å²) in [6, 6.07) is 3.21. The van der Waals surface area contributed by atoms with Crippen molar-refractivity contribution in [3.63, 3.8) is 0 Å². The number of nitrogens with two attached hydrogens (primary N) is 1. The van der Waals surface area contributed by atoms with Gasteiger partial charge in [0.05, 0.1) is 0 Å². The monoisotopic (exact) mass is 474 g/mol. The Hall–Kier alpha value is -1.79. The molecule has 3 saturated heterocycles. The predicted molar refractivity (Wildman–Crippen MR) is 120 cm³/mol. The van der Waals surface area contributed by atoms with Crippen LogP contribution in [0.1, 0.15) is 38.3 Å². The van der Waals surface area contributed by atoms with E-state index in [0.29, 0.717) is 5.56 Å². The average Bonchev–Trinajstić information content (AvgIpc) is 3.28. The molecule has 12 heteroatoms. The molecular weight excluding hydrogens is 447 g/mol. The number of β-lactam (4-membered cyclic amide) rings is 1. The van der Waals surface area contributed by atoms with Crippen molar-refractivity contribution in [2.45, 2.75) is 54.9 Å². The van der Waals surface area contributed by atoms with Crippen LogP contribution in [0.3, 0.4) is 0 Å². The Morgan fingerprint density at radius 1 is 1.28 bits per heavy atom. The topological polar surface area (TPSA) is 162 Å². The van der Waals surface area contributed by atoms with E-state index in [0.717, 1.165) is 19.4 Å². The van der Waals surface area contributed by atoms with Gasteiger partial charge in [0.2, 0.25) is 17.7 Å². The molecule has 3 heterocycles. The molecule has 3 fully saturated rings. The van der Waals surface area contributed by atoms with Gasteiger partial charge in [-0.05, 0) is 38.0 Å². The number of nitrogens with one attached hydrogen (secondary N) is 2. The van der Waals surface area contributed by atoms with E-state index in [1.165, 1.54) is 40.9 Å². The number of carbonyl (C=O) groups excluding carboxylic acids is 3. The number of hydrogen-bond donors (Lipinski definition) is 5. The molecule has 32 heavy (non-hydrogen) atoms. The van der Waals surface area contributed by atoms with Gasteiger partial charge in [0.15, 0.2) is 0 Å². The minimum atomic E-state index is -1.06. The van der Waals surface area contributed by atoms with E-state index in [4.69, 9.17) is 5.73 Å². The Morgan fingerprint density at radius 3 is 2.38 bits per heavy atom. The van der Waals surface area contributed by atoms with Crippen LogP contribution in [-0.2, 0) is 19.2 Å². The molecule has 1 aromatic carbocycles. The van der Waals surface area contributed by atoms with Crippen molar-refractivity contribution < 1.29 is 29.4 Å². The Labute approximate surface area is 211 Å². The number of fused-ring (bicyclic) bond motifs is 1. The SMILES string of the molecule is CC1(C)S[C@@H]2[C@H](NC(=O)[C@H](N)c3ccc(O)cc3)C(=O)N2[C@H]1C(=O)O.O=C1CCCN1.[NaH]. The first-order valence-electron chi connectivity index (χ1n) is 9.87. The number of carbonyl (C=O) groups is 4. The summed E-state index contributed by atoms with van der Waals surface area (Å²) in [5.41, 5.74) is 6.41. The second kappa shape index (κ2) is 10.4. The zero-order valence-corrected chi connectivity index (χ0v) is 18.0. The fraction of sp³-hybridized carbons (Fsp3) is 0.500. The van der Waals surface area contributed by atoms with Crippen LogP contribution in [0.4, 0.5) is 0 Å². The van der Waals surface area contributed by atoms with E-state index in [-0.39, 0.29) is 41.2 Å². The van der Waals surface area contributed by atoms with Crippen LogP contribution < -0.4 is 16.4 Å². The Bertz CT molecular complexity index is 889. The maximum atomic E-state index is 12.3. The van der Waals surface area contributed by atoms with Gasteiger partial charge in [-0.3, -0.25) is 14.4 Å². The number of nitrogens with zero attached hydrogens (tertiary/aromatic N) is 1. The van der Waals surface area contributed by atoms with Gasteiger partial charge in [0.25, 0.3) is 0 Å². The van der Waals surface area contributed by atoms with Crippen molar-refractivity contribution in [1.29, 1.82) is 0 Å². The molecule has 0 aliphatic carbocycles. The summed E-state index contributed by atoms with van der Waals surface area (Å²) in [5.74, 6) is -1.73. The number of benzene rings is 1. The molecule has 3 aliphatic heterocycles. The first-order chi connectivity index (χ1) is 14.5. The predicted octanol–water partition coefficient (Wildman–Crippen LogP) is -0.728. The van der Waals surface area contributed by atoms with Crippen molar-refractivity contribution in [3.05, 3.63) is 29.8 Å². The molecule has 0 aromatic heterocycles. The van der Waals surface area contributed by atoms with Crippen LogP contribution in [0.15, 0.2) is 24.3 Å². The van der Waals surface area contributed by atoms with Gasteiger partial charge < -0.3 is 31.5 Å².